The number of hydrogen-bond acceptors (Lipinski definition) is 2. The van der Waals surface area contributed by atoms with Crippen molar-refractivity contribution >= 4 is 5.97 Å². The van der Waals surface area contributed by atoms with E-state index in [-0.39, 0.29) is 5.97 Å². The Morgan fingerprint density at radius 3 is 2.41 bits per heavy atom. The lowest BCUT2D eigenvalue weighted by molar-refractivity contribution is -0.138. The average molecular weight is 304 g/mol. The van der Waals surface area contributed by atoms with Gasteiger partial charge in [0.1, 0.15) is 0 Å². The molecule has 0 spiro atoms. The zero-order valence-electron chi connectivity index (χ0n) is 14.2. The topological polar surface area (TPSA) is 26.3 Å². The van der Waals surface area contributed by atoms with Crippen molar-refractivity contribution in [3.05, 3.63) is 49.1 Å². The molecule has 124 valence electrons. The number of carbonyl (C=O) groups is 1. The summed E-state index contributed by atoms with van der Waals surface area (Å²) in [6.45, 7) is 9.67. The maximum atomic E-state index is 11.9. The predicted molar refractivity (Wildman–Crippen MR) is 95.8 cm³/mol. The van der Waals surface area contributed by atoms with Crippen molar-refractivity contribution in [2.24, 2.45) is 0 Å². The van der Waals surface area contributed by atoms with Gasteiger partial charge in [0.25, 0.3) is 0 Å². The number of esters is 1. The van der Waals surface area contributed by atoms with Crippen LogP contribution in [-0.4, -0.2) is 12.6 Å². The summed E-state index contributed by atoms with van der Waals surface area (Å²) in [7, 11) is 0. The van der Waals surface area contributed by atoms with Gasteiger partial charge in [-0.3, -0.25) is 0 Å². The van der Waals surface area contributed by atoms with E-state index in [2.05, 4.69) is 25.3 Å². The van der Waals surface area contributed by atoms with Crippen LogP contribution in [-0.2, 0) is 9.53 Å². The van der Waals surface area contributed by atoms with Crippen LogP contribution in [0.4, 0.5) is 0 Å². The second-order valence-corrected chi connectivity index (χ2v) is 5.29. The fraction of sp³-hybridized carbons (Fsp3) is 0.550. The van der Waals surface area contributed by atoms with Crippen LogP contribution in [0.15, 0.2) is 49.1 Å². The van der Waals surface area contributed by atoms with E-state index in [4.69, 9.17) is 4.74 Å². The second-order valence-electron chi connectivity index (χ2n) is 5.29. The smallest absolute Gasteiger partial charge is 0.333 e. The van der Waals surface area contributed by atoms with Gasteiger partial charge >= 0.3 is 5.97 Å². The molecule has 0 aromatic rings. The molecule has 0 fully saturated rings. The lowest BCUT2D eigenvalue weighted by atomic mass is 10.0. The summed E-state index contributed by atoms with van der Waals surface area (Å²) in [6, 6.07) is 0. The molecule has 2 nitrogen and oxygen atoms in total. The molecule has 0 aliphatic rings. The molecule has 0 saturated heterocycles. The zero-order chi connectivity index (χ0) is 16.5. The summed E-state index contributed by atoms with van der Waals surface area (Å²) < 4.78 is 5.14. The highest BCUT2D eigenvalue weighted by atomic mass is 16.5. The molecular formula is C20H32O2. The molecule has 0 bridgehead atoms. The van der Waals surface area contributed by atoms with Crippen LogP contribution in [0, 0.1) is 0 Å². The van der Waals surface area contributed by atoms with Gasteiger partial charge in [-0.2, -0.15) is 0 Å². The number of carbonyl (C=O) groups excluding carboxylic acids is 1. The molecule has 0 N–H and O–H groups in total. The number of allylic oxidation sites excluding steroid dienone is 5. The van der Waals surface area contributed by atoms with Crippen molar-refractivity contribution in [3.63, 3.8) is 0 Å². The van der Waals surface area contributed by atoms with Crippen LogP contribution in [0.2, 0.25) is 0 Å². The lowest BCUT2D eigenvalue weighted by Gasteiger charge is -2.07. The summed E-state index contributed by atoms with van der Waals surface area (Å²) in [4.78, 5) is 11.9. The average Bonchev–Trinajstić information content (AvgIpc) is 2.52. The summed E-state index contributed by atoms with van der Waals surface area (Å²) in [5.74, 6) is -0.144. The molecule has 0 heterocycles. The highest BCUT2D eigenvalue weighted by molar-refractivity contribution is 5.88. The molecular weight excluding hydrogens is 272 g/mol. The van der Waals surface area contributed by atoms with Gasteiger partial charge in [-0.15, -0.1) is 6.58 Å². The van der Waals surface area contributed by atoms with E-state index >= 15 is 0 Å². The predicted octanol–water partition coefficient (Wildman–Crippen LogP) is 5.92. The van der Waals surface area contributed by atoms with Gasteiger partial charge in [0.15, 0.2) is 0 Å². The molecule has 0 amide bonds. The molecule has 0 aromatic heterocycles. The number of unbranched alkanes of at least 4 members (excludes halogenated alkanes) is 6. The highest BCUT2D eigenvalue weighted by Gasteiger charge is 2.09. The third-order valence-corrected chi connectivity index (χ3v) is 3.38. The molecule has 2 heteroatoms. The molecule has 0 radical (unpaired) electrons. The maximum Gasteiger partial charge on any atom is 0.333 e. The lowest BCUT2D eigenvalue weighted by Crippen LogP contribution is -2.08. The highest BCUT2D eigenvalue weighted by Crippen LogP contribution is 2.14. The quantitative estimate of drug-likeness (QED) is 0.131. The Kier molecular flexibility index (Phi) is 14.7. The van der Waals surface area contributed by atoms with E-state index < -0.39 is 0 Å². The molecule has 22 heavy (non-hydrogen) atoms. The van der Waals surface area contributed by atoms with E-state index in [1.165, 1.54) is 12.8 Å². The summed E-state index contributed by atoms with van der Waals surface area (Å²) in [5.41, 5.74) is 0.845. The minimum Gasteiger partial charge on any atom is -0.463 e. The normalized spacial score (nSPS) is 11.6. The second kappa shape index (κ2) is 15.8. The van der Waals surface area contributed by atoms with Crippen LogP contribution in [0.3, 0.4) is 0 Å². The summed E-state index contributed by atoms with van der Waals surface area (Å²) in [6.07, 6.45) is 19.4. The molecule has 0 aromatic carbocycles. The Bertz CT molecular complexity index is 364. The molecule has 0 unspecified atom stereocenters. The first-order valence-electron chi connectivity index (χ1n) is 8.50. The van der Waals surface area contributed by atoms with Crippen molar-refractivity contribution < 1.29 is 9.53 Å². The zero-order valence-corrected chi connectivity index (χ0v) is 14.2. The fourth-order valence-corrected chi connectivity index (χ4v) is 2.17. The van der Waals surface area contributed by atoms with Crippen LogP contribution < -0.4 is 0 Å². The Morgan fingerprint density at radius 2 is 1.73 bits per heavy atom. The Labute approximate surface area is 136 Å². The van der Waals surface area contributed by atoms with Crippen LogP contribution >= 0.6 is 0 Å². The third-order valence-electron chi connectivity index (χ3n) is 3.38. The van der Waals surface area contributed by atoms with Gasteiger partial charge < -0.3 is 4.74 Å². The van der Waals surface area contributed by atoms with Crippen molar-refractivity contribution in [2.45, 2.75) is 64.7 Å². The monoisotopic (exact) mass is 304 g/mol. The van der Waals surface area contributed by atoms with E-state index in [1.807, 2.05) is 19.1 Å². The summed E-state index contributed by atoms with van der Waals surface area (Å²) in [5, 5.41) is 0. The van der Waals surface area contributed by atoms with Crippen molar-refractivity contribution in [2.75, 3.05) is 6.61 Å². The van der Waals surface area contributed by atoms with E-state index in [0.29, 0.717) is 6.61 Å². The van der Waals surface area contributed by atoms with Crippen molar-refractivity contribution in [1.29, 1.82) is 0 Å². The molecule has 0 atom stereocenters. The first kappa shape index (κ1) is 20.4. The summed E-state index contributed by atoms with van der Waals surface area (Å²) >= 11 is 0. The van der Waals surface area contributed by atoms with Crippen LogP contribution in [0.25, 0.3) is 0 Å². The van der Waals surface area contributed by atoms with Gasteiger partial charge in [-0.25, -0.2) is 4.79 Å². The number of hydrogen-bond donors (Lipinski definition) is 0. The Morgan fingerprint density at radius 1 is 1.00 bits per heavy atom. The van der Waals surface area contributed by atoms with Crippen molar-refractivity contribution in [3.8, 4) is 0 Å². The van der Waals surface area contributed by atoms with Crippen LogP contribution in [0.1, 0.15) is 64.7 Å². The van der Waals surface area contributed by atoms with E-state index in [9.17, 15) is 4.79 Å². The fourth-order valence-electron chi connectivity index (χ4n) is 2.17. The van der Waals surface area contributed by atoms with Gasteiger partial charge in [-0.1, -0.05) is 43.4 Å². The first-order chi connectivity index (χ1) is 10.8. The minimum absolute atomic E-state index is 0.144. The first-order valence-corrected chi connectivity index (χ1v) is 8.50. The minimum atomic E-state index is -0.144. The van der Waals surface area contributed by atoms with Crippen LogP contribution in [0.5, 0.6) is 0 Å². The van der Waals surface area contributed by atoms with E-state index in [0.717, 1.165) is 50.5 Å². The standard InChI is InChI=1S/C20H32O2/c1-4-7-9-11-12-13-14-16-18-19(20(21)22-6-3)17-15-10-8-5-2/h4-5,7,9,18H,1-2,6,8,10-17H2,3H3/b9-7+,19-18+. The maximum absolute atomic E-state index is 11.9. The number of rotatable bonds is 14. The van der Waals surface area contributed by atoms with Gasteiger partial charge in [0.05, 0.1) is 6.61 Å². The third kappa shape index (κ3) is 12.2. The largest absolute Gasteiger partial charge is 0.463 e. The molecule has 0 saturated carbocycles. The Hall–Kier alpha value is -1.57. The van der Waals surface area contributed by atoms with E-state index in [1.54, 1.807) is 6.08 Å². The SMILES string of the molecule is C=C/C=C/CCCCC/C=C(\CCCCC=C)C(=O)OCC. The number of ether oxygens (including phenoxy) is 1. The van der Waals surface area contributed by atoms with Gasteiger partial charge in [0, 0.05) is 5.57 Å². The molecule has 0 aliphatic heterocycles. The molecule has 0 aliphatic carbocycles. The van der Waals surface area contributed by atoms with Gasteiger partial charge in [0.2, 0.25) is 0 Å². The Balaban J connectivity index is 4.06. The van der Waals surface area contributed by atoms with Crippen molar-refractivity contribution in [1.82, 2.24) is 0 Å². The molecule has 0 rings (SSSR count). The van der Waals surface area contributed by atoms with Gasteiger partial charge in [-0.05, 0) is 58.3 Å².